The smallest absolute Gasteiger partial charge is 0.333 e. The zero-order valence-corrected chi connectivity index (χ0v) is 20.8. The lowest BCUT2D eigenvalue weighted by molar-refractivity contribution is -0.149. The van der Waals surface area contributed by atoms with Crippen LogP contribution in [0.25, 0.3) is 11.1 Å². The predicted octanol–water partition coefficient (Wildman–Crippen LogP) is 4.00. The quantitative estimate of drug-likeness (QED) is 0.449. The number of methoxy groups -OCH3 is 3. The molecule has 0 amide bonds. The average Bonchev–Trinajstić information content (AvgIpc) is 3.50. The average molecular weight is 497 g/mol. The zero-order chi connectivity index (χ0) is 25.6. The van der Waals surface area contributed by atoms with E-state index in [4.69, 9.17) is 33.2 Å². The lowest BCUT2D eigenvalue weighted by Gasteiger charge is -2.32. The van der Waals surface area contributed by atoms with Crippen molar-refractivity contribution < 1.29 is 42.7 Å². The largest absolute Gasteiger partial charge is 0.493 e. The first-order valence-corrected chi connectivity index (χ1v) is 11.7. The molecule has 1 aliphatic carbocycles. The maximum absolute atomic E-state index is 13.0. The number of ether oxygens (including phenoxy) is 7. The first kappa shape index (κ1) is 23.8. The summed E-state index contributed by atoms with van der Waals surface area (Å²) in [6, 6.07) is 5.52. The van der Waals surface area contributed by atoms with Crippen LogP contribution in [-0.2, 0) is 25.5 Å². The summed E-state index contributed by atoms with van der Waals surface area (Å²) < 4.78 is 40.0. The molecule has 2 aromatic carbocycles. The Balaban J connectivity index is 1.82. The Morgan fingerprint density at radius 3 is 2.39 bits per heavy atom. The van der Waals surface area contributed by atoms with Crippen molar-refractivity contribution in [3.05, 3.63) is 41.0 Å². The van der Waals surface area contributed by atoms with Gasteiger partial charge in [-0.25, -0.2) is 4.79 Å². The molecule has 9 nitrogen and oxygen atoms in total. The fourth-order valence-electron chi connectivity index (χ4n) is 5.13. The second-order valence-electron chi connectivity index (χ2n) is 8.87. The van der Waals surface area contributed by atoms with Crippen LogP contribution in [0.5, 0.6) is 28.7 Å². The van der Waals surface area contributed by atoms with Crippen LogP contribution < -0.4 is 23.7 Å². The number of hydrogen-bond acceptors (Lipinski definition) is 9. The second kappa shape index (κ2) is 9.29. The molecule has 9 heteroatoms. The monoisotopic (exact) mass is 496 g/mol. The molecule has 2 heterocycles. The molecule has 0 N–H and O–H groups in total. The van der Waals surface area contributed by atoms with Crippen molar-refractivity contribution in [1.29, 1.82) is 0 Å². The van der Waals surface area contributed by atoms with Crippen LogP contribution in [0, 0.1) is 11.8 Å². The van der Waals surface area contributed by atoms with Gasteiger partial charge in [0, 0.05) is 22.6 Å². The molecule has 2 aromatic rings. The fourth-order valence-corrected chi connectivity index (χ4v) is 5.13. The highest BCUT2D eigenvalue weighted by atomic mass is 16.7. The minimum Gasteiger partial charge on any atom is -0.493 e. The highest BCUT2D eigenvalue weighted by Gasteiger charge is 2.47. The van der Waals surface area contributed by atoms with Gasteiger partial charge in [0.25, 0.3) is 0 Å². The van der Waals surface area contributed by atoms with E-state index < -0.39 is 23.9 Å². The first-order valence-electron chi connectivity index (χ1n) is 11.7. The van der Waals surface area contributed by atoms with Crippen LogP contribution in [0.4, 0.5) is 0 Å². The Kier molecular flexibility index (Phi) is 6.15. The molecular formula is C27H28O9. The molecule has 0 saturated carbocycles. The van der Waals surface area contributed by atoms with E-state index in [9.17, 15) is 9.59 Å². The third kappa shape index (κ3) is 3.70. The maximum Gasteiger partial charge on any atom is 0.333 e. The maximum atomic E-state index is 13.0. The highest BCUT2D eigenvalue weighted by molar-refractivity contribution is 5.89. The normalized spacial score (nSPS) is 21.9. The summed E-state index contributed by atoms with van der Waals surface area (Å²) in [6.07, 6.45) is 1.24. The van der Waals surface area contributed by atoms with Gasteiger partial charge >= 0.3 is 11.9 Å². The minimum atomic E-state index is -0.778. The number of benzene rings is 2. The van der Waals surface area contributed by atoms with Gasteiger partial charge in [-0.2, -0.15) is 0 Å². The van der Waals surface area contributed by atoms with E-state index >= 15 is 0 Å². The third-order valence-electron chi connectivity index (χ3n) is 7.09. The van der Waals surface area contributed by atoms with Crippen LogP contribution in [0.2, 0.25) is 0 Å². The molecular weight excluding hydrogens is 468 g/mol. The van der Waals surface area contributed by atoms with Crippen LogP contribution in [0.3, 0.4) is 0 Å². The Bertz CT molecular complexity index is 1260. The molecule has 1 fully saturated rings. The van der Waals surface area contributed by atoms with Crippen molar-refractivity contribution in [3.63, 3.8) is 0 Å². The third-order valence-corrected chi connectivity index (χ3v) is 7.09. The Labute approximate surface area is 208 Å². The van der Waals surface area contributed by atoms with Crippen molar-refractivity contribution in [3.8, 4) is 39.9 Å². The number of hydrogen-bond donors (Lipinski definition) is 0. The molecule has 0 radical (unpaired) electrons. The van der Waals surface area contributed by atoms with Gasteiger partial charge in [-0.1, -0.05) is 6.08 Å². The van der Waals surface area contributed by atoms with Crippen molar-refractivity contribution in [2.45, 2.75) is 26.4 Å². The Hall–Kier alpha value is -3.88. The number of esters is 2. The predicted molar refractivity (Wildman–Crippen MR) is 128 cm³/mol. The summed E-state index contributed by atoms with van der Waals surface area (Å²) in [5.41, 5.74) is 3.36. The lowest BCUT2D eigenvalue weighted by atomic mass is 9.76. The van der Waals surface area contributed by atoms with Gasteiger partial charge in [-0.15, -0.1) is 0 Å². The number of cyclic esters (lactones) is 1. The summed E-state index contributed by atoms with van der Waals surface area (Å²) in [5, 5.41) is 0. The van der Waals surface area contributed by atoms with E-state index in [0.29, 0.717) is 51.9 Å². The zero-order valence-electron chi connectivity index (χ0n) is 20.8. The van der Waals surface area contributed by atoms with Gasteiger partial charge in [0.1, 0.15) is 6.10 Å². The van der Waals surface area contributed by atoms with Gasteiger partial charge in [0.15, 0.2) is 23.0 Å². The Morgan fingerprint density at radius 2 is 1.72 bits per heavy atom. The van der Waals surface area contributed by atoms with Crippen molar-refractivity contribution in [2.24, 2.45) is 11.8 Å². The van der Waals surface area contributed by atoms with Gasteiger partial charge < -0.3 is 33.2 Å². The number of carbonyl (C=O) groups excluding carboxylic acids is 2. The topological polar surface area (TPSA) is 98.8 Å². The molecule has 2 aliphatic heterocycles. The molecule has 0 unspecified atom stereocenters. The van der Waals surface area contributed by atoms with Crippen molar-refractivity contribution >= 4 is 11.9 Å². The molecule has 3 aliphatic rings. The van der Waals surface area contributed by atoms with E-state index in [1.165, 1.54) is 7.11 Å². The van der Waals surface area contributed by atoms with Crippen LogP contribution in [0.15, 0.2) is 29.8 Å². The van der Waals surface area contributed by atoms with Gasteiger partial charge in [0.2, 0.25) is 12.5 Å². The van der Waals surface area contributed by atoms with Gasteiger partial charge in [0.05, 0.1) is 33.9 Å². The first-order chi connectivity index (χ1) is 17.4. The molecule has 190 valence electrons. The molecule has 36 heavy (non-hydrogen) atoms. The summed E-state index contributed by atoms with van der Waals surface area (Å²) in [7, 11) is 4.62. The van der Waals surface area contributed by atoms with Crippen LogP contribution in [-0.4, -0.2) is 46.7 Å². The minimum absolute atomic E-state index is 0.0734. The summed E-state index contributed by atoms with van der Waals surface area (Å²) >= 11 is 0. The van der Waals surface area contributed by atoms with Crippen molar-refractivity contribution in [2.75, 3.05) is 34.7 Å². The van der Waals surface area contributed by atoms with Crippen LogP contribution >= 0.6 is 0 Å². The SMILES string of the molecule is C/C=C(\C)C(=O)O[C@@H]1c2cc3c(cc2-c2c(cc(OC)c(OC)c2OC)C[C@@H]2C(=O)OC[C@H]21)OCO3. The summed E-state index contributed by atoms with van der Waals surface area (Å²) in [6.45, 7) is 3.66. The highest BCUT2D eigenvalue weighted by Crippen LogP contribution is 2.55. The molecule has 0 bridgehead atoms. The molecule has 3 atom stereocenters. The van der Waals surface area contributed by atoms with Gasteiger partial charge in [-0.05, 0) is 49.6 Å². The molecule has 5 rings (SSSR count). The number of fused-ring (bicyclic) bond motifs is 5. The fraction of sp³-hybridized carbons (Fsp3) is 0.407. The summed E-state index contributed by atoms with van der Waals surface area (Å²) in [5.74, 6) is 0.648. The van der Waals surface area contributed by atoms with E-state index in [1.807, 2.05) is 18.2 Å². The van der Waals surface area contributed by atoms with E-state index in [2.05, 4.69) is 0 Å². The molecule has 0 aromatic heterocycles. The molecule has 0 spiro atoms. The number of allylic oxidation sites excluding steroid dienone is 1. The Morgan fingerprint density at radius 1 is 1.00 bits per heavy atom. The van der Waals surface area contributed by atoms with Crippen molar-refractivity contribution in [1.82, 2.24) is 0 Å². The van der Waals surface area contributed by atoms with E-state index in [0.717, 1.165) is 11.1 Å². The van der Waals surface area contributed by atoms with E-state index in [-0.39, 0.29) is 19.4 Å². The standard InChI is InChI=1S/C27H28O9/c1-6-13(2)26(28)36-23-16-10-20-19(34-12-35-20)9-15(16)22-14(7-17-18(23)11-33-27(17)29)8-21(30-3)24(31-4)25(22)32-5/h6,8-10,17-18,23H,7,11-12H2,1-5H3/b13-6+/t17-,18+,23+/m0/s1. The van der Waals surface area contributed by atoms with E-state index in [1.54, 1.807) is 34.1 Å². The second-order valence-corrected chi connectivity index (χ2v) is 8.87. The lowest BCUT2D eigenvalue weighted by Crippen LogP contribution is -2.30. The van der Waals surface area contributed by atoms with Gasteiger partial charge in [-0.3, -0.25) is 4.79 Å². The number of carbonyl (C=O) groups is 2. The summed E-state index contributed by atoms with van der Waals surface area (Å²) in [4.78, 5) is 25.9. The molecule has 1 saturated heterocycles. The number of rotatable bonds is 5. The van der Waals surface area contributed by atoms with Crippen LogP contribution in [0.1, 0.15) is 31.1 Å².